The van der Waals surface area contributed by atoms with Crippen molar-refractivity contribution in [2.45, 2.75) is 37.6 Å². The molecule has 78 valence electrons. The van der Waals surface area contributed by atoms with E-state index in [9.17, 15) is 17.2 Å². The molecule has 0 bridgehead atoms. The van der Waals surface area contributed by atoms with Gasteiger partial charge in [0.15, 0.2) is 0 Å². The number of hydrogen-bond donors (Lipinski definition) is 2. The second kappa shape index (κ2) is 3.47. The summed E-state index contributed by atoms with van der Waals surface area (Å²) in [7, 11) is -4.52. The molecule has 0 heterocycles. The van der Waals surface area contributed by atoms with Gasteiger partial charge in [0.1, 0.15) is 0 Å². The topological polar surface area (TPSA) is 66.4 Å². The van der Waals surface area contributed by atoms with Gasteiger partial charge in [0, 0.05) is 6.42 Å². The summed E-state index contributed by atoms with van der Waals surface area (Å²) < 4.78 is 56.4. The Balaban J connectivity index is 2.67. The quantitative estimate of drug-likeness (QED) is 0.674. The first-order valence-electron chi connectivity index (χ1n) is 3.94. The molecule has 1 fully saturated rings. The SMILES string of the molecule is O=S(=O)(O)NC1CCCCC1(F)F. The fourth-order valence-corrected chi connectivity index (χ4v) is 2.07. The lowest BCUT2D eigenvalue weighted by atomic mass is 9.92. The van der Waals surface area contributed by atoms with Gasteiger partial charge in [-0.15, -0.1) is 0 Å². The van der Waals surface area contributed by atoms with E-state index in [-0.39, 0.29) is 12.8 Å². The van der Waals surface area contributed by atoms with Gasteiger partial charge in [-0.2, -0.15) is 13.1 Å². The van der Waals surface area contributed by atoms with Gasteiger partial charge >= 0.3 is 10.3 Å². The minimum atomic E-state index is -4.52. The zero-order valence-corrected chi connectivity index (χ0v) is 7.65. The van der Waals surface area contributed by atoms with Gasteiger partial charge in [-0.3, -0.25) is 4.55 Å². The van der Waals surface area contributed by atoms with E-state index >= 15 is 0 Å². The largest absolute Gasteiger partial charge is 0.333 e. The maximum absolute atomic E-state index is 13.0. The van der Waals surface area contributed by atoms with Gasteiger partial charge < -0.3 is 0 Å². The van der Waals surface area contributed by atoms with E-state index < -0.39 is 22.3 Å². The molecule has 7 heteroatoms. The van der Waals surface area contributed by atoms with Crippen molar-refractivity contribution in [1.82, 2.24) is 4.72 Å². The maximum atomic E-state index is 13.0. The molecule has 0 aromatic carbocycles. The molecule has 0 aromatic rings. The zero-order chi connectivity index (χ0) is 10.1. The Labute approximate surface area is 75.2 Å². The summed E-state index contributed by atoms with van der Waals surface area (Å²) in [5.74, 6) is -3.05. The standard InChI is InChI=1S/C6H11F2NO3S/c7-6(8)4-2-1-3-5(6)9-13(10,11)12/h5,9H,1-4H2,(H,10,11,12). The molecule has 13 heavy (non-hydrogen) atoms. The molecular weight excluding hydrogens is 204 g/mol. The number of rotatable bonds is 2. The second-order valence-corrected chi connectivity index (χ2v) is 4.34. The molecule has 1 atom stereocenters. The van der Waals surface area contributed by atoms with Crippen LogP contribution in [0.4, 0.5) is 8.78 Å². The van der Waals surface area contributed by atoms with Crippen molar-refractivity contribution in [3.05, 3.63) is 0 Å². The normalized spacial score (nSPS) is 28.7. The van der Waals surface area contributed by atoms with Crippen LogP contribution in [0.3, 0.4) is 0 Å². The molecule has 1 unspecified atom stereocenters. The predicted molar refractivity (Wildman–Crippen MR) is 41.9 cm³/mol. The van der Waals surface area contributed by atoms with Crippen LogP contribution in [0.5, 0.6) is 0 Å². The molecule has 0 saturated heterocycles. The molecule has 4 nitrogen and oxygen atoms in total. The molecule has 0 aliphatic heterocycles. The minimum absolute atomic E-state index is 0.0623. The highest BCUT2D eigenvalue weighted by atomic mass is 32.2. The third-order valence-corrected chi connectivity index (χ3v) is 2.64. The highest BCUT2D eigenvalue weighted by molar-refractivity contribution is 7.83. The van der Waals surface area contributed by atoms with Crippen molar-refractivity contribution >= 4 is 10.3 Å². The summed E-state index contributed by atoms with van der Waals surface area (Å²) in [4.78, 5) is 0. The molecule has 0 aromatic heterocycles. The monoisotopic (exact) mass is 215 g/mol. The van der Waals surface area contributed by atoms with E-state index in [1.54, 1.807) is 0 Å². The average Bonchev–Trinajstić information content (AvgIpc) is 1.91. The summed E-state index contributed by atoms with van der Waals surface area (Å²) in [6.45, 7) is 0. The van der Waals surface area contributed by atoms with Crippen molar-refractivity contribution in [2.75, 3.05) is 0 Å². The van der Waals surface area contributed by atoms with E-state index in [0.29, 0.717) is 12.8 Å². The number of hydrogen-bond acceptors (Lipinski definition) is 2. The van der Waals surface area contributed by atoms with Gasteiger partial charge in [0.25, 0.3) is 5.92 Å². The van der Waals surface area contributed by atoms with Gasteiger partial charge in [-0.1, -0.05) is 6.42 Å². The van der Waals surface area contributed by atoms with Crippen molar-refractivity contribution in [1.29, 1.82) is 0 Å². The lowest BCUT2D eigenvalue weighted by molar-refractivity contribution is -0.0573. The number of halogens is 2. The summed E-state index contributed by atoms with van der Waals surface area (Å²) >= 11 is 0. The summed E-state index contributed by atoms with van der Waals surface area (Å²) in [5.41, 5.74) is 0. The lowest BCUT2D eigenvalue weighted by Gasteiger charge is -2.30. The molecule has 1 saturated carbocycles. The first-order chi connectivity index (χ1) is 5.81. The fraction of sp³-hybridized carbons (Fsp3) is 1.00. The van der Waals surface area contributed by atoms with Crippen LogP contribution in [0, 0.1) is 0 Å². The first-order valence-corrected chi connectivity index (χ1v) is 5.38. The van der Waals surface area contributed by atoms with Crippen LogP contribution in [0.2, 0.25) is 0 Å². The Kier molecular flexibility index (Phi) is 2.88. The third kappa shape index (κ3) is 3.17. The lowest BCUT2D eigenvalue weighted by Crippen LogP contribution is -2.49. The molecule has 0 radical (unpaired) electrons. The van der Waals surface area contributed by atoms with E-state index in [4.69, 9.17) is 4.55 Å². The van der Waals surface area contributed by atoms with E-state index in [1.807, 2.05) is 0 Å². The Bertz CT molecular complexity index is 278. The van der Waals surface area contributed by atoms with Crippen molar-refractivity contribution in [3.63, 3.8) is 0 Å². The number of alkyl halides is 2. The van der Waals surface area contributed by atoms with Crippen LogP contribution >= 0.6 is 0 Å². The fourth-order valence-electron chi connectivity index (χ4n) is 1.42. The van der Waals surface area contributed by atoms with Crippen molar-refractivity contribution in [3.8, 4) is 0 Å². The Morgan fingerprint density at radius 2 is 2.00 bits per heavy atom. The molecule has 2 N–H and O–H groups in total. The molecule has 1 rings (SSSR count). The minimum Gasteiger partial charge on any atom is -0.273 e. The Morgan fingerprint density at radius 1 is 1.38 bits per heavy atom. The highest BCUT2D eigenvalue weighted by Crippen LogP contribution is 2.33. The van der Waals surface area contributed by atoms with E-state index in [0.717, 1.165) is 0 Å². The van der Waals surface area contributed by atoms with E-state index in [1.165, 1.54) is 4.72 Å². The maximum Gasteiger partial charge on any atom is 0.333 e. The summed E-state index contributed by atoms with van der Waals surface area (Å²) in [5, 5.41) is 0. The number of nitrogens with one attached hydrogen (secondary N) is 1. The first kappa shape index (κ1) is 10.8. The van der Waals surface area contributed by atoms with Crippen molar-refractivity contribution in [2.24, 2.45) is 0 Å². The van der Waals surface area contributed by atoms with Crippen LogP contribution < -0.4 is 4.72 Å². The summed E-state index contributed by atoms with van der Waals surface area (Å²) in [6, 6.07) is -1.46. The van der Waals surface area contributed by atoms with Crippen LogP contribution in [0.15, 0.2) is 0 Å². The smallest absolute Gasteiger partial charge is 0.273 e. The van der Waals surface area contributed by atoms with Crippen LogP contribution in [0.25, 0.3) is 0 Å². The van der Waals surface area contributed by atoms with E-state index in [2.05, 4.69) is 0 Å². The molecule has 0 spiro atoms. The van der Waals surface area contributed by atoms with Gasteiger partial charge in [-0.25, -0.2) is 8.78 Å². The Morgan fingerprint density at radius 3 is 2.46 bits per heavy atom. The second-order valence-electron chi connectivity index (χ2n) is 3.15. The summed E-state index contributed by atoms with van der Waals surface area (Å²) in [6.07, 6.45) is 0.659. The highest BCUT2D eigenvalue weighted by Gasteiger charge is 2.43. The Hall–Kier alpha value is -0.270. The van der Waals surface area contributed by atoms with Crippen LogP contribution in [-0.4, -0.2) is 24.9 Å². The van der Waals surface area contributed by atoms with Gasteiger partial charge in [0.05, 0.1) is 6.04 Å². The van der Waals surface area contributed by atoms with Gasteiger partial charge in [0.2, 0.25) is 0 Å². The predicted octanol–water partition coefficient (Wildman–Crippen LogP) is 0.957. The molecule has 0 amide bonds. The average molecular weight is 215 g/mol. The van der Waals surface area contributed by atoms with Crippen LogP contribution in [0.1, 0.15) is 25.7 Å². The third-order valence-electron chi connectivity index (χ3n) is 2.05. The zero-order valence-electron chi connectivity index (χ0n) is 6.83. The molecular formula is C6H11F2NO3S. The van der Waals surface area contributed by atoms with Crippen LogP contribution in [-0.2, 0) is 10.3 Å². The molecule has 1 aliphatic rings. The van der Waals surface area contributed by atoms with Gasteiger partial charge in [-0.05, 0) is 12.8 Å². The van der Waals surface area contributed by atoms with Crippen molar-refractivity contribution < 1.29 is 21.8 Å². The molecule has 1 aliphatic carbocycles.